The van der Waals surface area contributed by atoms with Crippen molar-refractivity contribution in [3.63, 3.8) is 0 Å². The second kappa shape index (κ2) is 6.58. The average molecular weight is 369 g/mol. The number of aryl methyl sites for hydroxylation is 1. The fraction of sp³-hybridized carbons (Fsp3) is 0.308. The Morgan fingerprint density at radius 3 is 2.04 bits per heavy atom. The summed E-state index contributed by atoms with van der Waals surface area (Å²) in [5, 5.41) is 19.0. The number of hydrazone groups is 1. The van der Waals surface area contributed by atoms with Gasteiger partial charge >= 0.3 is 18.0 Å². The highest BCUT2D eigenvalue weighted by Gasteiger charge is 2.73. The van der Waals surface area contributed by atoms with Crippen LogP contribution in [-0.2, 0) is 5.67 Å². The fourth-order valence-electron chi connectivity index (χ4n) is 1.75. The Hall–Kier alpha value is -2.84. The smallest absolute Gasteiger partial charge is 0.382 e. The number of nitrogens with one attached hydrogen (secondary N) is 2. The number of nitriles is 1. The summed E-state index contributed by atoms with van der Waals surface area (Å²) in [6.07, 6.45) is -12.4. The van der Waals surface area contributed by atoms with Crippen molar-refractivity contribution in [1.82, 2.24) is 0 Å². The minimum absolute atomic E-state index is 0.107. The molecule has 0 aliphatic heterocycles. The van der Waals surface area contributed by atoms with Gasteiger partial charge in [-0.2, -0.15) is 36.7 Å². The molecule has 0 heterocycles. The Balaban J connectivity index is 3.34. The zero-order valence-corrected chi connectivity index (χ0v) is 12.3. The van der Waals surface area contributed by atoms with Crippen LogP contribution < -0.4 is 11.2 Å². The Bertz CT molecular complexity index is 729. The van der Waals surface area contributed by atoms with Crippen LogP contribution >= 0.6 is 0 Å². The lowest BCUT2D eigenvalue weighted by Gasteiger charge is -2.30. The van der Waals surface area contributed by atoms with Crippen molar-refractivity contribution < 1.29 is 30.7 Å². The molecule has 25 heavy (non-hydrogen) atoms. The second-order valence-corrected chi connectivity index (χ2v) is 4.78. The number of nitrogens with two attached hydrogens (primary N) is 1. The molecule has 0 spiro atoms. The van der Waals surface area contributed by atoms with Gasteiger partial charge in [0.1, 0.15) is 6.07 Å². The van der Waals surface area contributed by atoms with Crippen LogP contribution in [-0.4, -0.2) is 23.9 Å². The molecule has 1 aromatic carbocycles. The van der Waals surface area contributed by atoms with Gasteiger partial charge in [0, 0.05) is 5.56 Å². The van der Waals surface area contributed by atoms with Crippen LogP contribution in [0.15, 0.2) is 23.3 Å². The van der Waals surface area contributed by atoms with E-state index >= 15 is 0 Å². The van der Waals surface area contributed by atoms with Crippen molar-refractivity contribution in [2.75, 3.05) is 5.43 Å². The number of alkyl halides is 7. The first-order valence-electron chi connectivity index (χ1n) is 6.27. The van der Waals surface area contributed by atoms with Crippen LogP contribution in [0, 0.1) is 23.7 Å². The summed E-state index contributed by atoms with van der Waals surface area (Å²) in [7, 11) is 0. The van der Waals surface area contributed by atoms with Gasteiger partial charge in [-0.15, -0.1) is 0 Å². The fourth-order valence-corrected chi connectivity index (χ4v) is 1.75. The van der Waals surface area contributed by atoms with Gasteiger partial charge in [0.15, 0.2) is 5.84 Å². The van der Waals surface area contributed by atoms with Gasteiger partial charge in [-0.25, -0.2) is 4.39 Å². The van der Waals surface area contributed by atoms with Crippen LogP contribution in [0.1, 0.15) is 11.1 Å². The lowest BCUT2D eigenvalue weighted by atomic mass is 9.92. The van der Waals surface area contributed by atoms with E-state index < -0.39 is 35.1 Å². The highest BCUT2D eigenvalue weighted by molar-refractivity contribution is 6.45. The first kappa shape index (κ1) is 20.2. The van der Waals surface area contributed by atoms with Crippen molar-refractivity contribution in [1.29, 1.82) is 10.7 Å². The molecule has 0 fully saturated rings. The number of nitrogens with zero attached hydrogens (tertiary/aromatic N) is 2. The normalized spacial score (nSPS) is 13.3. The predicted octanol–water partition coefficient (Wildman–Crippen LogP) is 3.51. The summed E-state index contributed by atoms with van der Waals surface area (Å²) in [4.78, 5) is 0. The molecule has 0 aliphatic carbocycles. The van der Waals surface area contributed by atoms with E-state index in [-0.39, 0.29) is 11.3 Å². The number of amidine groups is 1. The molecule has 136 valence electrons. The van der Waals surface area contributed by atoms with E-state index in [1.54, 1.807) is 0 Å². The predicted molar refractivity (Wildman–Crippen MR) is 74.7 cm³/mol. The maximum atomic E-state index is 13.9. The van der Waals surface area contributed by atoms with E-state index in [2.05, 4.69) is 10.5 Å². The van der Waals surface area contributed by atoms with Crippen molar-refractivity contribution in [2.45, 2.75) is 24.9 Å². The van der Waals surface area contributed by atoms with E-state index in [1.165, 1.54) is 6.07 Å². The molecule has 0 aromatic heterocycles. The third kappa shape index (κ3) is 3.81. The highest BCUT2D eigenvalue weighted by Crippen LogP contribution is 2.53. The molecule has 0 amide bonds. The molecule has 1 rings (SSSR count). The summed E-state index contributed by atoms with van der Waals surface area (Å²) < 4.78 is 90.1. The lowest BCUT2D eigenvalue weighted by molar-refractivity contribution is -0.348. The Morgan fingerprint density at radius 2 is 1.68 bits per heavy atom. The SMILES string of the molecule is Cc1cc(C(F)(C(F)(F)F)C(F)(F)F)ccc1N/N=C(\C#N)C(=N)N. The molecule has 0 radical (unpaired) electrons. The summed E-state index contributed by atoms with van der Waals surface area (Å²) in [5.41, 5.74) is -0.885. The van der Waals surface area contributed by atoms with E-state index in [0.29, 0.717) is 12.1 Å². The van der Waals surface area contributed by atoms with Gasteiger partial charge < -0.3 is 5.73 Å². The third-order valence-corrected chi connectivity index (χ3v) is 3.05. The van der Waals surface area contributed by atoms with Gasteiger partial charge in [-0.1, -0.05) is 12.1 Å². The van der Waals surface area contributed by atoms with E-state index in [0.717, 1.165) is 13.0 Å². The summed E-state index contributed by atoms with van der Waals surface area (Å²) >= 11 is 0. The summed E-state index contributed by atoms with van der Waals surface area (Å²) in [6, 6.07) is 2.84. The van der Waals surface area contributed by atoms with Crippen LogP contribution in [0.5, 0.6) is 0 Å². The third-order valence-electron chi connectivity index (χ3n) is 3.05. The minimum Gasteiger partial charge on any atom is -0.382 e. The summed E-state index contributed by atoms with van der Waals surface area (Å²) in [6.45, 7) is 1.11. The van der Waals surface area contributed by atoms with Crippen molar-refractivity contribution in [3.8, 4) is 6.07 Å². The number of hydrogen-bond donors (Lipinski definition) is 3. The maximum absolute atomic E-state index is 13.9. The number of rotatable bonds is 4. The first-order chi connectivity index (χ1) is 11.3. The van der Waals surface area contributed by atoms with Gasteiger partial charge in [0.05, 0.1) is 5.69 Å². The van der Waals surface area contributed by atoms with E-state index in [4.69, 9.17) is 16.4 Å². The Labute approximate surface area is 136 Å². The van der Waals surface area contributed by atoms with Crippen molar-refractivity contribution in [3.05, 3.63) is 29.3 Å². The van der Waals surface area contributed by atoms with Crippen molar-refractivity contribution in [2.24, 2.45) is 10.8 Å². The number of anilines is 1. The zero-order chi connectivity index (χ0) is 19.6. The van der Waals surface area contributed by atoms with Gasteiger partial charge in [-0.05, 0) is 18.6 Å². The van der Waals surface area contributed by atoms with Crippen LogP contribution in [0.3, 0.4) is 0 Å². The van der Waals surface area contributed by atoms with Crippen LogP contribution in [0.4, 0.5) is 36.4 Å². The zero-order valence-electron chi connectivity index (χ0n) is 12.3. The largest absolute Gasteiger partial charge is 0.435 e. The Kier molecular flexibility index (Phi) is 5.32. The molecule has 4 N–H and O–H groups in total. The van der Waals surface area contributed by atoms with Crippen LogP contribution in [0.25, 0.3) is 0 Å². The molecule has 12 heteroatoms. The standard InChI is InChI=1S/C13H10F7N5/c1-6-4-7(11(14,12(15,16)17)13(18,19)20)2-3-8(6)24-25-9(5-21)10(22)23/h2-4,24H,1H3,(H3,22,23)/b25-9+. The average Bonchev–Trinajstić information content (AvgIpc) is 2.45. The monoisotopic (exact) mass is 369 g/mol. The molecule has 0 bridgehead atoms. The lowest BCUT2D eigenvalue weighted by Crippen LogP contribution is -2.50. The highest BCUT2D eigenvalue weighted by atomic mass is 19.4. The molecule has 5 nitrogen and oxygen atoms in total. The van der Waals surface area contributed by atoms with E-state index in [9.17, 15) is 30.7 Å². The first-order valence-corrected chi connectivity index (χ1v) is 6.27. The minimum atomic E-state index is -6.21. The second-order valence-electron chi connectivity index (χ2n) is 4.78. The molecular formula is C13H10F7N5. The molecular weight excluding hydrogens is 359 g/mol. The summed E-state index contributed by atoms with van der Waals surface area (Å²) in [5.74, 6) is -0.707. The molecule has 0 unspecified atom stereocenters. The maximum Gasteiger partial charge on any atom is 0.435 e. The van der Waals surface area contributed by atoms with Crippen molar-refractivity contribution >= 4 is 17.2 Å². The van der Waals surface area contributed by atoms with Gasteiger partial charge in [0.25, 0.3) is 0 Å². The molecule has 0 saturated heterocycles. The van der Waals surface area contributed by atoms with Gasteiger partial charge in [-0.3, -0.25) is 10.8 Å². The molecule has 0 saturated carbocycles. The molecule has 0 atom stereocenters. The number of benzene rings is 1. The number of halogens is 7. The van der Waals surface area contributed by atoms with E-state index in [1.807, 2.05) is 0 Å². The molecule has 1 aromatic rings. The topological polar surface area (TPSA) is 98.0 Å². The number of hydrogen-bond acceptors (Lipinski definition) is 4. The molecule has 0 aliphatic rings. The van der Waals surface area contributed by atoms with Gasteiger partial charge in [0.2, 0.25) is 5.71 Å². The Morgan fingerprint density at radius 1 is 1.16 bits per heavy atom. The van der Waals surface area contributed by atoms with Crippen LogP contribution in [0.2, 0.25) is 0 Å². The quantitative estimate of drug-likeness (QED) is 0.328.